The largest absolute Gasteiger partial charge is 0.345 e. The molecule has 1 amide bonds. The molecule has 0 radical (unpaired) electrons. The summed E-state index contributed by atoms with van der Waals surface area (Å²) in [4.78, 5) is 12.3. The molecule has 0 saturated carbocycles. The number of benzene rings is 2. The number of rotatable bonds is 2. The number of nitrogens with one attached hydrogen (secondary N) is 1. The monoisotopic (exact) mass is 329 g/mol. The van der Waals surface area contributed by atoms with Gasteiger partial charge in [-0.1, -0.05) is 47.1 Å². The highest BCUT2D eigenvalue weighted by Gasteiger charge is 2.30. The van der Waals surface area contributed by atoms with Gasteiger partial charge in [0.1, 0.15) is 0 Å². The Kier molecular flexibility index (Phi) is 3.62. The Bertz CT molecular complexity index is 636. The second kappa shape index (κ2) is 5.41. The Labute approximate surface area is 127 Å². The van der Waals surface area contributed by atoms with Crippen LogP contribution in [0.2, 0.25) is 0 Å². The van der Waals surface area contributed by atoms with Crippen LogP contribution in [-0.2, 0) is 6.42 Å². The lowest BCUT2D eigenvalue weighted by atomic mass is 10.0. The van der Waals surface area contributed by atoms with Crippen LogP contribution in [-0.4, -0.2) is 5.91 Å². The van der Waals surface area contributed by atoms with Crippen LogP contribution in [0, 0.1) is 5.92 Å². The summed E-state index contributed by atoms with van der Waals surface area (Å²) in [5, 5.41) is 3.17. The zero-order chi connectivity index (χ0) is 14.1. The smallest absolute Gasteiger partial charge is 0.251 e. The average molecular weight is 330 g/mol. The third-order valence-electron chi connectivity index (χ3n) is 3.89. The zero-order valence-electron chi connectivity index (χ0n) is 11.3. The molecule has 2 atom stereocenters. The van der Waals surface area contributed by atoms with Crippen molar-refractivity contribution in [2.24, 2.45) is 5.92 Å². The van der Waals surface area contributed by atoms with E-state index in [9.17, 15) is 4.79 Å². The van der Waals surface area contributed by atoms with Crippen LogP contribution >= 0.6 is 15.9 Å². The fourth-order valence-corrected chi connectivity index (χ4v) is 3.10. The van der Waals surface area contributed by atoms with E-state index in [0.717, 1.165) is 10.9 Å². The number of carbonyl (C=O) groups is 1. The lowest BCUT2D eigenvalue weighted by Gasteiger charge is -2.18. The highest BCUT2D eigenvalue weighted by molar-refractivity contribution is 9.10. The predicted molar refractivity (Wildman–Crippen MR) is 83.7 cm³/mol. The van der Waals surface area contributed by atoms with Gasteiger partial charge in [-0.3, -0.25) is 4.79 Å². The number of hydrogen-bond donors (Lipinski definition) is 1. The molecular weight excluding hydrogens is 314 g/mol. The van der Waals surface area contributed by atoms with Crippen molar-refractivity contribution < 1.29 is 4.79 Å². The fraction of sp³-hybridized carbons (Fsp3) is 0.235. The zero-order valence-corrected chi connectivity index (χ0v) is 12.9. The minimum atomic E-state index is -0.00828. The van der Waals surface area contributed by atoms with Gasteiger partial charge in [0.2, 0.25) is 0 Å². The molecule has 2 nitrogen and oxygen atoms in total. The van der Waals surface area contributed by atoms with Gasteiger partial charge in [0.05, 0.1) is 6.04 Å². The third-order valence-corrected chi connectivity index (χ3v) is 4.42. The van der Waals surface area contributed by atoms with Gasteiger partial charge < -0.3 is 5.32 Å². The topological polar surface area (TPSA) is 29.1 Å². The number of halogens is 1. The van der Waals surface area contributed by atoms with Gasteiger partial charge in [0, 0.05) is 10.0 Å². The molecule has 0 aliphatic heterocycles. The maximum atomic E-state index is 12.3. The molecule has 0 saturated heterocycles. The summed E-state index contributed by atoms with van der Waals surface area (Å²) >= 11 is 3.38. The first kappa shape index (κ1) is 13.4. The van der Waals surface area contributed by atoms with Crippen LogP contribution < -0.4 is 5.32 Å². The summed E-state index contributed by atoms with van der Waals surface area (Å²) in [5.74, 6) is 0.429. The molecule has 102 valence electrons. The summed E-state index contributed by atoms with van der Waals surface area (Å²) < 4.78 is 0.980. The van der Waals surface area contributed by atoms with Gasteiger partial charge >= 0.3 is 0 Å². The molecule has 3 rings (SSSR count). The van der Waals surface area contributed by atoms with Crippen LogP contribution in [0.15, 0.2) is 53.0 Å². The molecule has 20 heavy (non-hydrogen) atoms. The van der Waals surface area contributed by atoms with Crippen LogP contribution in [0.1, 0.15) is 34.5 Å². The lowest BCUT2D eigenvalue weighted by molar-refractivity contribution is 0.0927. The fourth-order valence-electron chi connectivity index (χ4n) is 2.84. The van der Waals surface area contributed by atoms with E-state index in [2.05, 4.69) is 46.4 Å². The van der Waals surface area contributed by atoms with Gasteiger partial charge in [0.25, 0.3) is 5.91 Å². The quantitative estimate of drug-likeness (QED) is 0.882. The first-order valence-electron chi connectivity index (χ1n) is 6.79. The summed E-state index contributed by atoms with van der Waals surface area (Å²) in [5.41, 5.74) is 3.30. The standard InChI is InChI=1S/C17H16BrNO/c1-11-10-13-4-2-3-5-15(13)16(11)19-17(20)12-6-8-14(18)9-7-12/h2-9,11,16H,10H2,1H3,(H,19,20). The Balaban J connectivity index is 1.81. The van der Waals surface area contributed by atoms with E-state index < -0.39 is 0 Å². The molecule has 0 heterocycles. The van der Waals surface area contributed by atoms with Crippen molar-refractivity contribution in [1.29, 1.82) is 0 Å². The van der Waals surface area contributed by atoms with Crippen molar-refractivity contribution in [2.75, 3.05) is 0 Å². The van der Waals surface area contributed by atoms with Crippen molar-refractivity contribution in [2.45, 2.75) is 19.4 Å². The SMILES string of the molecule is CC1Cc2ccccc2C1NC(=O)c1ccc(Br)cc1. The van der Waals surface area contributed by atoms with E-state index in [1.165, 1.54) is 11.1 Å². The highest BCUT2D eigenvalue weighted by atomic mass is 79.9. The van der Waals surface area contributed by atoms with E-state index in [1.54, 1.807) is 0 Å². The van der Waals surface area contributed by atoms with Gasteiger partial charge in [-0.2, -0.15) is 0 Å². The van der Waals surface area contributed by atoms with E-state index in [4.69, 9.17) is 0 Å². The molecule has 0 bridgehead atoms. The van der Waals surface area contributed by atoms with Crippen LogP contribution in [0.5, 0.6) is 0 Å². The van der Waals surface area contributed by atoms with Crippen molar-refractivity contribution in [3.8, 4) is 0 Å². The lowest BCUT2D eigenvalue weighted by Crippen LogP contribution is -2.30. The first-order valence-corrected chi connectivity index (χ1v) is 7.58. The minimum absolute atomic E-state index is 0.00828. The highest BCUT2D eigenvalue weighted by Crippen LogP contribution is 2.35. The second-order valence-corrected chi connectivity index (χ2v) is 6.25. The minimum Gasteiger partial charge on any atom is -0.345 e. The maximum absolute atomic E-state index is 12.3. The Hall–Kier alpha value is -1.61. The molecule has 3 heteroatoms. The summed E-state index contributed by atoms with van der Waals surface area (Å²) in [6.45, 7) is 2.19. The molecule has 1 N–H and O–H groups in total. The van der Waals surface area contributed by atoms with Gasteiger partial charge in [-0.05, 0) is 47.7 Å². The summed E-state index contributed by atoms with van der Waals surface area (Å²) in [6.07, 6.45) is 1.03. The van der Waals surface area contributed by atoms with Gasteiger partial charge in [-0.15, -0.1) is 0 Å². The summed E-state index contributed by atoms with van der Waals surface area (Å²) in [6, 6.07) is 15.9. The van der Waals surface area contributed by atoms with E-state index in [-0.39, 0.29) is 11.9 Å². The molecule has 2 aromatic carbocycles. The van der Waals surface area contributed by atoms with Crippen molar-refractivity contribution >= 4 is 21.8 Å². The molecular formula is C17H16BrNO. The van der Waals surface area contributed by atoms with E-state index >= 15 is 0 Å². The van der Waals surface area contributed by atoms with Gasteiger partial charge in [0.15, 0.2) is 0 Å². The summed E-state index contributed by atoms with van der Waals surface area (Å²) in [7, 11) is 0. The predicted octanol–water partition coefficient (Wildman–Crippen LogP) is 4.11. The molecule has 1 aliphatic carbocycles. The van der Waals surface area contributed by atoms with Crippen LogP contribution in [0.4, 0.5) is 0 Å². The van der Waals surface area contributed by atoms with E-state index in [1.807, 2.05) is 30.3 Å². The molecule has 2 aromatic rings. The Morgan fingerprint density at radius 3 is 2.60 bits per heavy atom. The van der Waals surface area contributed by atoms with Crippen molar-refractivity contribution in [3.05, 3.63) is 69.7 Å². The molecule has 0 spiro atoms. The molecule has 1 aliphatic rings. The molecule has 0 aromatic heterocycles. The normalized spacial score (nSPS) is 20.5. The van der Waals surface area contributed by atoms with Crippen molar-refractivity contribution in [3.63, 3.8) is 0 Å². The number of carbonyl (C=O) groups excluding carboxylic acids is 1. The van der Waals surface area contributed by atoms with Crippen molar-refractivity contribution in [1.82, 2.24) is 5.32 Å². The number of hydrogen-bond acceptors (Lipinski definition) is 1. The van der Waals surface area contributed by atoms with E-state index in [0.29, 0.717) is 11.5 Å². The van der Waals surface area contributed by atoms with Crippen LogP contribution in [0.25, 0.3) is 0 Å². The third kappa shape index (κ3) is 2.50. The molecule has 2 unspecified atom stereocenters. The number of amides is 1. The number of fused-ring (bicyclic) bond motifs is 1. The van der Waals surface area contributed by atoms with Crippen LogP contribution in [0.3, 0.4) is 0 Å². The average Bonchev–Trinajstić information content (AvgIpc) is 2.76. The first-order chi connectivity index (χ1) is 9.65. The second-order valence-electron chi connectivity index (χ2n) is 5.34. The molecule has 0 fully saturated rings. The maximum Gasteiger partial charge on any atom is 0.251 e. The Morgan fingerprint density at radius 1 is 1.15 bits per heavy atom. The van der Waals surface area contributed by atoms with Gasteiger partial charge in [-0.25, -0.2) is 0 Å². The Morgan fingerprint density at radius 2 is 1.85 bits per heavy atom.